The average Bonchev–Trinajstić information content (AvgIpc) is 3.52. The van der Waals surface area contributed by atoms with E-state index in [1.807, 2.05) is 17.4 Å². The van der Waals surface area contributed by atoms with Gasteiger partial charge in [0.1, 0.15) is 0 Å². The molecule has 7 aromatic rings. The number of nitrogens with zero attached hydrogens (tertiary/aromatic N) is 1. The molecular formula is C44H34N2STl. The van der Waals surface area contributed by atoms with E-state index in [1.165, 1.54) is 63.8 Å². The molecular weight excluding hydrogens is 793 g/mol. The number of benzene rings is 5. The van der Waals surface area contributed by atoms with Crippen LogP contribution in [-0.4, -0.2) is 29.2 Å². The summed E-state index contributed by atoms with van der Waals surface area (Å²) in [6, 6.07) is 35.8. The Bertz CT molecular complexity index is 2480. The summed E-state index contributed by atoms with van der Waals surface area (Å²) in [6.45, 7) is 6.44. The van der Waals surface area contributed by atoms with Crippen molar-refractivity contribution in [2.45, 2.75) is 29.8 Å². The predicted molar refractivity (Wildman–Crippen MR) is 211 cm³/mol. The average molecular weight is 827 g/mol. The molecule has 4 heterocycles. The van der Waals surface area contributed by atoms with E-state index < -0.39 is 24.2 Å². The van der Waals surface area contributed by atoms with Crippen LogP contribution in [0.4, 0.5) is 5.69 Å². The number of hydrogen-bond donors (Lipinski definition) is 1. The van der Waals surface area contributed by atoms with Gasteiger partial charge in [0, 0.05) is 0 Å². The molecule has 1 atom stereocenters. The van der Waals surface area contributed by atoms with E-state index in [0.717, 1.165) is 40.7 Å². The molecule has 0 radical (unpaired) electrons. The fourth-order valence-corrected chi connectivity index (χ4v) is 15.7. The summed E-state index contributed by atoms with van der Waals surface area (Å²) in [5.41, 5.74) is 13.3. The van der Waals surface area contributed by atoms with Gasteiger partial charge in [0.2, 0.25) is 0 Å². The second kappa shape index (κ2) is 12.3. The van der Waals surface area contributed by atoms with Crippen molar-refractivity contribution < 1.29 is 0 Å². The van der Waals surface area contributed by atoms with Crippen LogP contribution in [0.15, 0.2) is 116 Å². The van der Waals surface area contributed by atoms with Crippen molar-refractivity contribution in [2.24, 2.45) is 0 Å². The molecule has 0 fully saturated rings. The number of nitrogens with one attached hydrogen (secondary N) is 1. The second-order valence-electron chi connectivity index (χ2n) is 12.8. The molecule has 2 aliphatic heterocycles. The number of rotatable bonds is 6. The summed E-state index contributed by atoms with van der Waals surface area (Å²) >= 11 is 1.18. The third kappa shape index (κ3) is 4.98. The molecule has 48 heavy (non-hydrogen) atoms. The number of aromatic nitrogens is 1. The Morgan fingerprint density at radius 1 is 0.896 bits per heavy atom. The van der Waals surface area contributed by atoms with Crippen LogP contribution in [0.5, 0.6) is 0 Å². The number of hydrogen-bond acceptors (Lipinski definition) is 3. The van der Waals surface area contributed by atoms with E-state index in [1.54, 1.807) is 2.44 Å². The predicted octanol–water partition coefficient (Wildman–Crippen LogP) is 11.5. The Morgan fingerprint density at radius 2 is 1.73 bits per heavy atom. The second-order valence-corrected chi connectivity index (χ2v) is 21.2. The normalized spacial score (nSPS) is 14.7. The summed E-state index contributed by atoms with van der Waals surface area (Å²) in [4.78, 5) is 5.42. The first-order chi connectivity index (χ1) is 23.7. The summed E-state index contributed by atoms with van der Waals surface area (Å²) in [6.07, 6.45) is 13.5. The van der Waals surface area contributed by atoms with Crippen molar-refractivity contribution in [1.82, 2.24) is 4.98 Å². The number of anilines is 1. The molecule has 0 saturated carbocycles. The van der Waals surface area contributed by atoms with Gasteiger partial charge in [-0.2, -0.15) is 0 Å². The fourth-order valence-electron chi connectivity index (χ4n) is 7.63. The molecule has 2 nitrogen and oxygen atoms in total. The zero-order chi connectivity index (χ0) is 32.2. The maximum atomic E-state index is 5.42. The van der Waals surface area contributed by atoms with Crippen LogP contribution in [0.1, 0.15) is 47.2 Å². The van der Waals surface area contributed by atoms with Crippen molar-refractivity contribution in [1.29, 1.82) is 0 Å². The Hall–Kier alpha value is -4.33. The number of pyridine rings is 1. The first-order valence-electron chi connectivity index (χ1n) is 16.9. The zero-order valence-electron chi connectivity index (χ0n) is 27.0. The van der Waals surface area contributed by atoms with E-state index in [0.29, 0.717) is 0 Å². The monoisotopic (exact) mass is 827 g/mol. The molecule has 229 valence electrons. The first kappa shape index (κ1) is 29.8. The van der Waals surface area contributed by atoms with Crippen LogP contribution in [0.2, 0.25) is 3.98 Å². The number of aryl methyl sites for hydroxylation is 1. The minimum Gasteiger partial charge on any atom is -0.0651 e. The van der Waals surface area contributed by atoms with Crippen molar-refractivity contribution in [3.8, 4) is 22.4 Å². The maximum absolute atomic E-state index is 5.42. The van der Waals surface area contributed by atoms with Gasteiger partial charge in [0.25, 0.3) is 0 Å². The van der Waals surface area contributed by atoms with Gasteiger partial charge in [-0.15, -0.1) is 0 Å². The summed E-state index contributed by atoms with van der Waals surface area (Å²) in [5, 5.41) is 9.10. The van der Waals surface area contributed by atoms with E-state index in [2.05, 4.69) is 140 Å². The Kier molecular flexibility index (Phi) is 7.62. The summed E-state index contributed by atoms with van der Waals surface area (Å²) < 4.78 is 4.47. The van der Waals surface area contributed by atoms with Gasteiger partial charge in [-0.3, -0.25) is 0 Å². The molecule has 0 aliphatic carbocycles. The van der Waals surface area contributed by atoms with Crippen LogP contribution in [-0.2, 0) is 6.42 Å². The van der Waals surface area contributed by atoms with E-state index in [4.69, 9.17) is 4.98 Å². The molecule has 0 saturated heterocycles. The molecule has 0 amide bonds. The van der Waals surface area contributed by atoms with Gasteiger partial charge < -0.3 is 0 Å². The van der Waals surface area contributed by atoms with Gasteiger partial charge in [-0.05, 0) is 39.9 Å². The minimum atomic E-state index is -0.851. The van der Waals surface area contributed by atoms with Crippen LogP contribution in [0.25, 0.3) is 72.4 Å². The standard InChI is InChI=1S/C44H34N2S.Tl/c1-4-11-32-27-47-42-24-21-31(26-38(32)42)34-13-7-10-16-37(34)40-22-19-29-17-18-30-20-23-41(46-44(30)43(29)45-40)39-25-28(6-3)33(12-5-2)35-14-8-9-15-36(35)39;/h4,6-11,13-26,41,46H,1,3,5,12H2,2H3;. The zero-order valence-corrected chi connectivity index (χ0v) is 32.3. The SMILES string of the molecule is C=Cc1cc(C2C=Cc3ccc4ccc(-c5ccccc5-c5ccc6s[c]7c(c6c5)C=C[CH2][Tl]7)nc4c3N2)c2ccccc2c1CCC. The Balaban J connectivity index is 1.15. The van der Waals surface area contributed by atoms with Gasteiger partial charge in [-0.25, -0.2) is 0 Å². The van der Waals surface area contributed by atoms with Gasteiger partial charge in [0.15, 0.2) is 0 Å². The number of thiophene rings is 1. The molecule has 2 aliphatic rings. The third-order valence-electron chi connectivity index (χ3n) is 9.93. The van der Waals surface area contributed by atoms with Gasteiger partial charge in [-0.1, -0.05) is 68.5 Å². The van der Waals surface area contributed by atoms with E-state index in [-0.39, 0.29) is 6.04 Å². The fraction of sp³-hybridized carbons (Fsp3) is 0.114. The molecule has 2 aromatic heterocycles. The van der Waals surface area contributed by atoms with Crippen molar-refractivity contribution in [3.63, 3.8) is 0 Å². The summed E-state index contributed by atoms with van der Waals surface area (Å²) in [5.74, 6) is 0. The number of allylic oxidation sites excluding steroid dienone is 1. The van der Waals surface area contributed by atoms with Crippen molar-refractivity contribution in [3.05, 3.63) is 144 Å². The molecule has 9 rings (SSSR count). The van der Waals surface area contributed by atoms with Crippen LogP contribution < -0.4 is 7.75 Å². The summed E-state index contributed by atoms with van der Waals surface area (Å²) in [7, 11) is 0. The van der Waals surface area contributed by atoms with Crippen LogP contribution >= 0.6 is 11.3 Å². The van der Waals surface area contributed by atoms with Gasteiger partial charge >= 0.3 is 185 Å². The van der Waals surface area contributed by atoms with Crippen LogP contribution in [0, 0.1) is 0 Å². The minimum absolute atomic E-state index is 0.0158. The van der Waals surface area contributed by atoms with Crippen molar-refractivity contribution in [2.75, 3.05) is 5.32 Å². The molecule has 5 aromatic carbocycles. The first-order valence-corrected chi connectivity index (χ1v) is 23.1. The number of fused-ring (bicyclic) bond motifs is 7. The molecule has 0 bridgehead atoms. The topological polar surface area (TPSA) is 24.9 Å². The van der Waals surface area contributed by atoms with E-state index >= 15 is 0 Å². The molecule has 0 spiro atoms. The van der Waals surface area contributed by atoms with Crippen molar-refractivity contribution >= 4 is 93.7 Å². The smallest absolute Gasteiger partial charge is 0.0651 e. The molecule has 4 heteroatoms. The third-order valence-corrected chi connectivity index (χ3v) is 18.4. The van der Waals surface area contributed by atoms with E-state index in [9.17, 15) is 0 Å². The molecule has 1 N–H and O–H groups in total. The van der Waals surface area contributed by atoms with Gasteiger partial charge in [0.05, 0.1) is 6.04 Å². The molecule has 1 unspecified atom stereocenters. The Morgan fingerprint density at radius 3 is 2.60 bits per heavy atom. The quantitative estimate of drug-likeness (QED) is 0.169. The van der Waals surface area contributed by atoms with Crippen LogP contribution in [0.3, 0.4) is 0 Å². The Labute approximate surface area is 297 Å².